The number of halogens is 3. The van der Waals surface area contributed by atoms with Crippen LogP contribution in [0.4, 0.5) is 8.78 Å². The van der Waals surface area contributed by atoms with E-state index in [0.717, 1.165) is 12.8 Å². The van der Waals surface area contributed by atoms with Crippen molar-refractivity contribution in [1.82, 2.24) is 5.32 Å². The first-order valence-electron chi connectivity index (χ1n) is 6.65. The lowest BCUT2D eigenvalue weighted by molar-refractivity contribution is -0.0502. The second-order valence-electron chi connectivity index (χ2n) is 5.13. The molecule has 0 saturated heterocycles. The van der Waals surface area contributed by atoms with E-state index >= 15 is 0 Å². The summed E-state index contributed by atoms with van der Waals surface area (Å²) in [6.45, 7) is -2.95. The molecule has 0 atom stereocenters. The van der Waals surface area contributed by atoms with Gasteiger partial charge in [0.1, 0.15) is 5.75 Å². The van der Waals surface area contributed by atoms with Crippen LogP contribution in [0.3, 0.4) is 0 Å². The van der Waals surface area contributed by atoms with Crippen molar-refractivity contribution in [3.05, 3.63) is 28.8 Å². The van der Waals surface area contributed by atoms with Crippen molar-refractivity contribution in [2.75, 3.05) is 6.54 Å². The maximum Gasteiger partial charge on any atom is 0.387 e. The van der Waals surface area contributed by atoms with Crippen LogP contribution in [-0.2, 0) is 0 Å². The van der Waals surface area contributed by atoms with E-state index in [-0.39, 0.29) is 22.9 Å². The lowest BCUT2D eigenvalue weighted by atomic mass is 10.0. The Hall–Kier alpha value is -1.40. The van der Waals surface area contributed by atoms with Crippen molar-refractivity contribution in [1.29, 1.82) is 0 Å². The smallest absolute Gasteiger partial charge is 0.387 e. The molecular formula is C14H16ClF2NO3. The van der Waals surface area contributed by atoms with Crippen LogP contribution in [0.5, 0.6) is 5.75 Å². The molecule has 21 heavy (non-hydrogen) atoms. The molecule has 0 unspecified atom stereocenters. The number of carbonyl (C=O) groups excluding carboxylic acids is 1. The predicted molar refractivity (Wildman–Crippen MR) is 73.8 cm³/mol. The first kappa shape index (κ1) is 16.0. The standard InChI is InChI=1S/C14H16ClF2NO3/c15-9-3-4-11(21-13(16)17)10(7-9)12(19)18-8-14(20)5-1-2-6-14/h3-4,7,13,20H,1-2,5-6,8H2,(H,18,19). The molecule has 1 aromatic carbocycles. The second-order valence-corrected chi connectivity index (χ2v) is 5.57. The summed E-state index contributed by atoms with van der Waals surface area (Å²) in [5, 5.41) is 13.0. The monoisotopic (exact) mass is 319 g/mol. The number of carbonyl (C=O) groups is 1. The van der Waals surface area contributed by atoms with Crippen LogP contribution in [0.25, 0.3) is 0 Å². The highest BCUT2D eigenvalue weighted by molar-refractivity contribution is 6.31. The summed E-state index contributed by atoms with van der Waals surface area (Å²) in [7, 11) is 0. The third-order valence-electron chi connectivity index (χ3n) is 3.51. The van der Waals surface area contributed by atoms with Crippen molar-refractivity contribution in [3.63, 3.8) is 0 Å². The van der Waals surface area contributed by atoms with Gasteiger partial charge in [-0.3, -0.25) is 4.79 Å². The molecule has 116 valence electrons. The summed E-state index contributed by atoms with van der Waals surface area (Å²) < 4.78 is 29.0. The minimum Gasteiger partial charge on any atom is -0.434 e. The van der Waals surface area contributed by atoms with E-state index in [1.165, 1.54) is 18.2 Å². The summed E-state index contributed by atoms with van der Waals surface area (Å²) in [5.41, 5.74) is -0.998. The number of hydrogen-bond donors (Lipinski definition) is 2. The third-order valence-corrected chi connectivity index (χ3v) is 3.75. The first-order chi connectivity index (χ1) is 9.89. The Kier molecular flexibility index (Phi) is 5.00. The van der Waals surface area contributed by atoms with Crippen LogP contribution >= 0.6 is 11.6 Å². The Balaban J connectivity index is 2.08. The summed E-state index contributed by atoms with van der Waals surface area (Å²) in [6.07, 6.45) is 3.04. The van der Waals surface area contributed by atoms with Crippen molar-refractivity contribution in [2.24, 2.45) is 0 Å². The molecule has 0 aliphatic heterocycles. The lowest BCUT2D eigenvalue weighted by Crippen LogP contribution is -2.40. The number of amides is 1. The Bertz CT molecular complexity index is 519. The van der Waals surface area contributed by atoms with E-state index in [2.05, 4.69) is 10.1 Å². The van der Waals surface area contributed by atoms with E-state index in [4.69, 9.17) is 11.6 Å². The number of rotatable bonds is 5. The molecule has 7 heteroatoms. The largest absolute Gasteiger partial charge is 0.434 e. The average molecular weight is 320 g/mol. The molecule has 0 heterocycles. The van der Waals surface area contributed by atoms with Gasteiger partial charge in [-0.25, -0.2) is 0 Å². The maximum absolute atomic E-state index is 12.3. The van der Waals surface area contributed by atoms with Gasteiger partial charge in [0.15, 0.2) is 0 Å². The Morgan fingerprint density at radius 3 is 2.71 bits per heavy atom. The highest BCUT2D eigenvalue weighted by Crippen LogP contribution is 2.29. The highest BCUT2D eigenvalue weighted by Gasteiger charge is 2.31. The fourth-order valence-electron chi connectivity index (χ4n) is 2.43. The average Bonchev–Trinajstić information content (AvgIpc) is 2.85. The van der Waals surface area contributed by atoms with E-state index in [9.17, 15) is 18.7 Å². The zero-order valence-electron chi connectivity index (χ0n) is 11.2. The van der Waals surface area contributed by atoms with Crippen LogP contribution in [0, 0.1) is 0 Å². The molecule has 0 aromatic heterocycles. The zero-order valence-corrected chi connectivity index (χ0v) is 12.0. The molecule has 0 spiro atoms. The van der Waals surface area contributed by atoms with Crippen LogP contribution in [0.15, 0.2) is 18.2 Å². The SMILES string of the molecule is O=C(NCC1(O)CCCC1)c1cc(Cl)ccc1OC(F)F. The Morgan fingerprint density at radius 1 is 1.43 bits per heavy atom. The summed E-state index contributed by atoms with van der Waals surface area (Å²) in [6, 6.07) is 3.83. The minimum absolute atomic E-state index is 0.0759. The van der Waals surface area contributed by atoms with Crippen LogP contribution < -0.4 is 10.1 Å². The summed E-state index contributed by atoms with van der Waals surface area (Å²) in [4.78, 5) is 12.1. The van der Waals surface area contributed by atoms with Crippen LogP contribution in [-0.4, -0.2) is 29.8 Å². The number of benzene rings is 1. The van der Waals surface area contributed by atoms with E-state index in [1.807, 2.05) is 0 Å². The van der Waals surface area contributed by atoms with E-state index in [1.54, 1.807) is 0 Å². The van der Waals surface area contributed by atoms with Gasteiger partial charge in [-0.1, -0.05) is 24.4 Å². The maximum atomic E-state index is 12.3. The number of hydrogen-bond acceptors (Lipinski definition) is 3. The molecule has 0 bridgehead atoms. The van der Waals surface area contributed by atoms with Gasteiger partial charge in [-0.05, 0) is 31.0 Å². The predicted octanol–water partition coefficient (Wildman–Crippen LogP) is 2.98. The van der Waals surface area contributed by atoms with E-state index in [0.29, 0.717) is 12.8 Å². The Morgan fingerprint density at radius 2 is 2.10 bits per heavy atom. The van der Waals surface area contributed by atoms with Gasteiger partial charge in [0.05, 0.1) is 11.2 Å². The Labute approximate surface area is 126 Å². The quantitative estimate of drug-likeness (QED) is 0.877. The molecule has 4 nitrogen and oxygen atoms in total. The van der Waals surface area contributed by atoms with Crippen molar-refractivity contribution in [3.8, 4) is 5.75 Å². The minimum atomic E-state index is -3.03. The number of nitrogens with one attached hydrogen (secondary N) is 1. The fraction of sp³-hybridized carbons (Fsp3) is 0.500. The summed E-state index contributed by atoms with van der Waals surface area (Å²) >= 11 is 5.78. The van der Waals surface area contributed by atoms with Crippen molar-refractivity contribution >= 4 is 17.5 Å². The molecule has 1 fully saturated rings. The van der Waals surface area contributed by atoms with Crippen molar-refractivity contribution < 1.29 is 23.4 Å². The molecule has 1 aromatic rings. The van der Waals surface area contributed by atoms with Gasteiger partial charge in [0.2, 0.25) is 0 Å². The molecule has 2 rings (SSSR count). The van der Waals surface area contributed by atoms with Crippen LogP contribution in [0.1, 0.15) is 36.0 Å². The highest BCUT2D eigenvalue weighted by atomic mass is 35.5. The number of alkyl halides is 2. The number of ether oxygens (including phenoxy) is 1. The van der Waals surface area contributed by atoms with Gasteiger partial charge < -0.3 is 15.2 Å². The normalized spacial score (nSPS) is 17.0. The molecule has 0 radical (unpaired) electrons. The molecular weight excluding hydrogens is 304 g/mol. The molecule has 1 aliphatic rings. The molecule has 1 saturated carbocycles. The molecule has 1 aliphatic carbocycles. The van der Waals surface area contributed by atoms with Crippen LogP contribution in [0.2, 0.25) is 5.02 Å². The van der Waals surface area contributed by atoms with Gasteiger partial charge in [-0.2, -0.15) is 8.78 Å². The van der Waals surface area contributed by atoms with E-state index < -0.39 is 18.1 Å². The lowest BCUT2D eigenvalue weighted by Gasteiger charge is -2.22. The second kappa shape index (κ2) is 6.58. The van der Waals surface area contributed by atoms with Gasteiger partial charge in [0, 0.05) is 11.6 Å². The zero-order chi connectivity index (χ0) is 15.5. The first-order valence-corrected chi connectivity index (χ1v) is 7.02. The molecule has 2 N–H and O–H groups in total. The number of aliphatic hydroxyl groups is 1. The summed E-state index contributed by atoms with van der Waals surface area (Å²) in [5.74, 6) is -0.848. The molecule has 1 amide bonds. The third kappa shape index (κ3) is 4.28. The van der Waals surface area contributed by atoms with Gasteiger partial charge in [-0.15, -0.1) is 0 Å². The topological polar surface area (TPSA) is 58.6 Å². The van der Waals surface area contributed by atoms with Gasteiger partial charge >= 0.3 is 6.61 Å². The van der Waals surface area contributed by atoms with Crippen molar-refractivity contribution in [2.45, 2.75) is 37.9 Å². The fourth-order valence-corrected chi connectivity index (χ4v) is 2.60. The van der Waals surface area contributed by atoms with Gasteiger partial charge in [0.25, 0.3) is 5.91 Å².